The van der Waals surface area contributed by atoms with Gasteiger partial charge in [0.1, 0.15) is 6.29 Å². The molecule has 1 amide bonds. The van der Waals surface area contributed by atoms with Gasteiger partial charge in [-0.05, 0) is 26.0 Å². The Bertz CT molecular complexity index is 356. The van der Waals surface area contributed by atoms with E-state index in [1.807, 2.05) is 13.8 Å². The van der Waals surface area contributed by atoms with Crippen molar-refractivity contribution in [3.05, 3.63) is 35.4 Å². The third-order valence-electron chi connectivity index (χ3n) is 2.32. The lowest BCUT2D eigenvalue weighted by Gasteiger charge is -2.18. The summed E-state index contributed by atoms with van der Waals surface area (Å²) < 4.78 is 0. The van der Waals surface area contributed by atoms with Gasteiger partial charge < -0.3 is 4.90 Å². The van der Waals surface area contributed by atoms with Gasteiger partial charge in [-0.1, -0.05) is 12.1 Å². The molecule has 0 radical (unpaired) electrons. The number of amides is 1. The second-order valence-corrected chi connectivity index (χ2v) is 3.22. The molecule has 0 aromatic heterocycles. The molecule has 0 saturated heterocycles. The third kappa shape index (κ3) is 2.65. The van der Waals surface area contributed by atoms with Crippen molar-refractivity contribution in [3.63, 3.8) is 0 Å². The summed E-state index contributed by atoms with van der Waals surface area (Å²) in [5.74, 6) is -0.0244. The molecule has 0 atom stereocenters. The summed E-state index contributed by atoms with van der Waals surface area (Å²) in [6, 6.07) is 6.76. The highest BCUT2D eigenvalue weighted by Gasteiger charge is 2.11. The van der Waals surface area contributed by atoms with Crippen molar-refractivity contribution in [2.24, 2.45) is 0 Å². The Labute approximate surface area is 89.7 Å². The highest BCUT2D eigenvalue weighted by molar-refractivity contribution is 5.95. The van der Waals surface area contributed by atoms with Crippen molar-refractivity contribution in [1.29, 1.82) is 0 Å². The van der Waals surface area contributed by atoms with Crippen LogP contribution in [0, 0.1) is 0 Å². The zero-order valence-electron chi connectivity index (χ0n) is 9.06. The van der Waals surface area contributed by atoms with Gasteiger partial charge in [-0.25, -0.2) is 0 Å². The largest absolute Gasteiger partial charge is 0.339 e. The van der Waals surface area contributed by atoms with Crippen molar-refractivity contribution in [2.45, 2.75) is 13.8 Å². The molecule has 0 N–H and O–H groups in total. The van der Waals surface area contributed by atoms with Gasteiger partial charge in [0.05, 0.1) is 0 Å². The van der Waals surface area contributed by atoms with Gasteiger partial charge in [0.25, 0.3) is 5.91 Å². The number of hydrogen-bond acceptors (Lipinski definition) is 2. The smallest absolute Gasteiger partial charge is 0.253 e. The van der Waals surface area contributed by atoms with E-state index in [4.69, 9.17) is 0 Å². The lowest BCUT2D eigenvalue weighted by atomic mass is 10.1. The molecule has 0 saturated carbocycles. The summed E-state index contributed by atoms with van der Waals surface area (Å²) in [6.07, 6.45) is 0.749. The molecule has 0 aliphatic rings. The monoisotopic (exact) mass is 205 g/mol. The number of aldehydes is 1. The Morgan fingerprint density at radius 2 is 2.00 bits per heavy atom. The van der Waals surface area contributed by atoms with Crippen molar-refractivity contribution in [1.82, 2.24) is 4.90 Å². The molecule has 0 bridgehead atoms. The van der Waals surface area contributed by atoms with Crippen LogP contribution in [0.2, 0.25) is 0 Å². The Kier molecular flexibility index (Phi) is 4.03. The fraction of sp³-hybridized carbons (Fsp3) is 0.333. The van der Waals surface area contributed by atoms with Crippen LogP contribution in [0.3, 0.4) is 0 Å². The normalized spacial score (nSPS) is 9.73. The van der Waals surface area contributed by atoms with Crippen LogP contribution in [0.5, 0.6) is 0 Å². The maximum atomic E-state index is 11.9. The molecule has 0 heterocycles. The SMILES string of the molecule is CCN(CC)C(=O)c1cccc(C=O)c1. The van der Waals surface area contributed by atoms with E-state index >= 15 is 0 Å². The molecular weight excluding hydrogens is 190 g/mol. The quantitative estimate of drug-likeness (QED) is 0.705. The van der Waals surface area contributed by atoms with Crippen LogP contribution in [0.25, 0.3) is 0 Å². The second-order valence-electron chi connectivity index (χ2n) is 3.22. The van der Waals surface area contributed by atoms with E-state index in [9.17, 15) is 9.59 Å². The summed E-state index contributed by atoms with van der Waals surface area (Å²) in [6.45, 7) is 5.23. The molecule has 1 aromatic rings. The average Bonchev–Trinajstić information content (AvgIpc) is 2.30. The van der Waals surface area contributed by atoms with Crippen LogP contribution in [-0.4, -0.2) is 30.2 Å². The molecule has 0 aliphatic heterocycles. The lowest BCUT2D eigenvalue weighted by molar-refractivity contribution is 0.0773. The fourth-order valence-corrected chi connectivity index (χ4v) is 1.44. The van der Waals surface area contributed by atoms with Crippen molar-refractivity contribution in [3.8, 4) is 0 Å². The van der Waals surface area contributed by atoms with Gasteiger partial charge in [0.2, 0.25) is 0 Å². The molecule has 1 aromatic carbocycles. The molecule has 80 valence electrons. The molecule has 0 unspecified atom stereocenters. The van der Waals surface area contributed by atoms with Crippen LogP contribution in [0.1, 0.15) is 34.6 Å². The number of carbonyl (C=O) groups is 2. The van der Waals surface area contributed by atoms with E-state index in [2.05, 4.69) is 0 Å². The lowest BCUT2D eigenvalue weighted by Crippen LogP contribution is -2.30. The maximum Gasteiger partial charge on any atom is 0.253 e. The molecule has 3 nitrogen and oxygen atoms in total. The Balaban J connectivity index is 2.94. The number of benzene rings is 1. The van der Waals surface area contributed by atoms with Crippen LogP contribution in [0.15, 0.2) is 24.3 Å². The first-order chi connectivity index (χ1) is 7.22. The summed E-state index contributed by atoms with van der Waals surface area (Å²) in [4.78, 5) is 24.2. The fourth-order valence-electron chi connectivity index (χ4n) is 1.44. The van der Waals surface area contributed by atoms with Gasteiger partial charge >= 0.3 is 0 Å². The maximum absolute atomic E-state index is 11.9. The van der Waals surface area contributed by atoms with E-state index in [0.29, 0.717) is 24.2 Å². The van der Waals surface area contributed by atoms with Gasteiger partial charge in [0.15, 0.2) is 0 Å². The summed E-state index contributed by atoms with van der Waals surface area (Å²) in [5.41, 5.74) is 1.11. The summed E-state index contributed by atoms with van der Waals surface area (Å²) in [7, 11) is 0. The molecule has 15 heavy (non-hydrogen) atoms. The van der Waals surface area contributed by atoms with Crippen molar-refractivity contribution in [2.75, 3.05) is 13.1 Å². The van der Waals surface area contributed by atoms with Gasteiger partial charge in [-0.2, -0.15) is 0 Å². The highest BCUT2D eigenvalue weighted by atomic mass is 16.2. The Hall–Kier alpha value is -1.64. The summed E-state index contributed by atoms with van der Waals surface area (Å²) in [5, 5.41) is 0. The standard InChI is InChI=1S/C12H15NO2/c1-3-13(4-2)12(15)11-7-5-6-10(8-11)9-14/h5-9H,3-4H2,1-2H3. The minimum Gasteiger partial charge on any atom is -0.339 e. The Morgan fingerprint density at radius 1 is 1.33 bits per heavy atom. The predicted octanol–water partition coefficient (Wildman–Crippen LogP) is 1.98. The Morgan fingerprint density at radius 3 is 2.53 bits per heavy atom. The summed E-state index contributed by atoms with van der Waals surface area (Å²) >= 11 is 0. The van der Waals surface area contributed by atoms with E-state index in [-0.39, 0.29) is 5.91 Å². The van der Waals surface area contributed by atoms with Crippen LogP contribution in [0.4, 0.5) is 0 Å². The molecule has 1 rings (SSSR count). The van der Waals surface area contributed by atoms with Gasteiger partial charge in [-0.3, -0.25) is 9.59 Å². The van der Waals surface area contributed by atoms with Gasteiger partial charge in [-0.15, -0.1) is 0 Å². The number of carbonyl (C=O) groups excluding carboxylic acids is 2. The molecular formula is C12H15NO2. The van der Waals surface area contributed by atoms with E-state index < -0.39 is 0 Å². The minimum absolute atomic E-state index is 0.0244. The molecule has 3 heteroatoms. The first-order valence-electron chi connectivity index (χ1n) is 5.07. The van der Waals surface area contributed by atoms with Crippen LogP contribution < -0.4 is 0 Å². The van der Waals surface area contributed by atoms with Crippen molar-refractivity contribution < 1.29 is 9.59 Å². The number of nitrogens with zero attached hydrogens (tertiary/aromatic N) is 1. The zero-order valence-corrected chi connectivity index (χ0v) is 9.06. The van der Waals surface area contributed by atoms with E-state index in [1.165, 1.54) is 0 Å². The van der Waals surface area contributed by atoms with Crippen molar-refractivity contribution >= 4 is 12.2 Å². The zero-order chi connectivity index (χ0) is 11.3. The number of hydrogen-bond donors (Lipinski definition) is 0. The van der Waals surface area contributed by atoms with E-state index in [0.717, 1.165) is 6.29 Å². The van der Waals surface area contributed by atoms with E-state index in [1.54, 1.807) is 29.2 Å². The number of rotatable bonds is 4. The first-order valence-corrected chi connectivity index (χ1v) is 5.07. The second kappa shape index (κ2) is 5.29. The third-order valence-corrected chi connectivity index (χ3v) is 2.32. The first kappa shape index (κ1) is 11.4. The molecule has 0 spiro atoms. The highest BCUT2D eigenvalue weighted by Crippen LogP contribution is 2.07. The molecule has 0 aliphatic carbocycles. The van der Waals surface area contributed by atoms with Crippen LogP contribution >= 0.6 is 0 Å². The minimum atomic E-state index is -0.0244. The van der Waals surface area contributed by atoms with Gasteiger partial charge in [0, 0.05) is 24.2 Å². The topological polar surface area (TPSA) is 37.4 Å². The van der Waals surface area contributed by atoms with Crippen LogP contribution in [-0.2, 0) is 0 Å². The average molecular weight is 205 g/mol. The molecule has 0 fully saturated rings. The predicted molar refractivity (Wildman–Crippen MR) is 59.1 cm³/mol.